The van der Waals surface area contributed by atoms with Crippen molar-refractivity contribution in [3.63, 3.8) is 0 Å². The van der Waals surface area contributed by atoms with Crippen molar-refractivity contribution in [2.45, 2.75) is 229 Å². The van der Waals surface area contributed by atoms with Gasteiger partial charge in [0.25, 0.3) is 0 Å². The fourth-order valence-corrected chi connectivity index (χ4v) is 32.4. The quantitative estimate of drug-likeness (QED) is 0.0831. The first-order valence-corrected chi connectivity index (χ1v) is 30.0. The molecule has 1 aliphatic heterocycles. The van der Waals surface area contributed by atoms with E-state index < -0.39 is 44.0 Å². The Kier molecular flexibility index (Phi) is 23.0. The first-order chi connectivity index (χ1) is 23.4. The summed E-state index contributed by atoms with van der Waals surface area (Å²) in [6.07, 6.45) is 8.20. The van der Waals surface area contributed by atoms with Gasteiger partial charge in [-0.3, -0.25) is 0 Å². The van der Waals surface area contributed by atoms with Crippen molar-refractivity contribution in [1.82, 2.24) is 0 Å². The molecule has 1 fully saturated rings. The molecule has 1 heterocycles. The topological polar surface area (TPSA) is 92.3 Å². The normalized spacial score (nSPS) is 30.0. The maximum Gasteiger partial charge on any atom is 0.486 e. The Hall–Kier alpha value is 0.684. The van der Waals surface area contributed by atoms with Crippen LogP contribution >= 0.6 is 0 Å². The third-order valence-corrected chi connectivity index (χ3v) is 29.2. The van der Waals surface area contributed by atoms with E-state index in [1.54, 1.807) is 0 Å². The van der Waals surface area contributed by atoms with E-state index in [2.05, 4.69) is 104 Å². The molecular formula is C35H80O10Si5. The van der Waals surface area contributed by atoms with Crippen molar-refractivity contribution in [3.8, 4) is 0 Å². The molecule has 0 aliphatic carbocycles. The Morgan fingerprint density at radius 3 is 0.540 bits per heavy atom. The average Bonchev–Trinajstić information content (AvgIpc) is 2.97. The lowest BCUT2D eigenvalue weighted by Crippen LogP contribution is -2.74. The van der Waals surface area contributed by atoms with Gasteiger partial charge < -0.3 is 42.7 Å². The Morgan fingerprint density at radius 1 is 0.300 bits per heavy atom. The van der Waals surface area contributed by atoms with Crippen LogP contribution in [0.5, 0.6) is 0 Å². The highest BCUT2D eigenvalue weighted by Gasteiger charge is 2.68. The summed E-state index contributed by atoms with van der Waals surface area (Å²) >= 11 is 0. The van der Waals surface area contributed by atoms with Crippen LogP contribution < -0.4 is 0 Å². The van der Waals surface area contributed by atoms with Crippen LogP contribution in [-0.2, 0) is 42.7 Å². The van der Waals surface area contributed by atoms with E-state index in [1.165, 1.54) is 0 Å². The minimum absolute atomic E-state index is 0.172. The maximum absolute atomic E-state index is 7.61. The molecule has 1 rings (SSSR count). The zero-order valence-corrected chi connectivity index (χ0v) is 40.1. The van der Waals surface area contributed by atoms with Crippen molar-refractivity contribution in [2.24, 2.45) is 0 Å². The summed E-state index contributed by atoms with van der Waals surface area (Å²) in [5.74, 6) is 0. The van der Waals surface area contributed by atoms with Crippen LogP contribution in [0.25, 0.3) is 0 Å². The van der Waals surface area contributed by atoms with Gasteiger partial charge in [-0.15, -0.1) is 0 Å². The molecule has 10 nitrogen and oxygen atoms in total. The molecule has 0 amide bonds. The second-order valence-electron chi connectivity index (χ2n) is 15.3. The smallest absolute Gasteiger partial charge is 0.372 e. The average molecular weight is 801 g/mol. The van der Waals surface area contributed by atoms with Crippen LogP contribution in [0, 0.1) is 0 Å². The summed E-state index contributed by atoms with van der Waals surface area (Å²) in [7, 11) is -18.4. The zero-order valence-electron chi connectivity index (χ0n) is 35.1. The minimum Gasteiger partial charge on any atom is -0.372 e. The van der Waals surface area contributed by atoms with E-state index in [9.17, 15) is 0 Å². The van der Waals surface area contributed by atoms with Crippen LogP contribution in [0.4, 0.5) is 0 Å². The summed E-state index contributed by atoms with van der Waals surface area (Å²) < 4.78 is 73.3. The molecular weight excluding hydrogens is 721 g/mol. The highest BCUT2D eigenvalue weighted by Crippen LogP contribution is 2.43. The summed E-state index contributed by atoms with van der Waals surface area (Å²) in [6.45, 7) is 31.5. The predicted molar refractivity (Wildman–Crippen MR) is 214 cm³/mol. The molecule has 0 N–H and O–H groups in total. The predicted octanol–water partition coefficient (Wildman–Crippen LogP) is 10.9. The van der Waals surface area contributed by atoms with Gasteiger partial charge in [-0.2, -0.15) is 0 Å². The van der Waals surface area contributed by atoms with Crippen molar-refractivity contribution in [1.29, 1.82) is 0 Å². The SMILES string of the molecule is CCCC[Si]1(OC(C)C)O[Si](CCCC)(OC(C)C)O[Si](CCCC)(OC(C)C)O[Si](CCCC)(OC(C)C)O[Si](CCCC)(OC(C)C)O1. The van der Waals surface area contributed by atoms with Crippen molar-refractivity contribution >= 4 is 44.0 Å². The van der Waals surface area contributed by atoms with E-state index in [1.807, 2.05) is 0 Å². The third kappa shape index (κ3) is 17.0. The molecule has 300 valence electrons. The van der Waals surface area contributed by atoms with Gasteiger partial charge in [0.05, 0.1) is 0 Å². The van der Waals surface area contributed by atoms with Gasteiger partial charge >= 0.3 is 44.0 Å². The second kappa shape index (κ2) is 23.6. The summed E-state index contributed by atoms with van der Waals surface area (Å²) in [5.41, 5.74) is 0. The Bertz CT molecular complexity index is 723. The van der Waals surface area contributed by atoms with Gasteiger partial charge in [-0.25, -0.2) is 0 Å². The number of rotatable bonds is 25. The molecule has 1 saturated heterocycles. The van der Waals surface area contributed by atoms with E-state index >= 15 is 0 Å². The first-order valence-electron chi connectivity index (χ1n) is 20.3. The summed E-state index contributed by atoms with van der Waals surface area (Å²) in [6, 6.07) is 3.00. The Balaban J connectivity index is 4.58. The van der Waals surface area contributed by atoms with Gasteiger partial charge in [-0.05, 0) is 101 Å². The number of unbranched alkanes of at least 4 members (excludes halogenated alkanes) is 5. The van der Waals surface area contributed by atoms with Gasteiger partial charge in [0.15, 0.2) is 0 Å². The van der Waals surface area contributed by atoms with Gasteiger partial charge in [0.2, 0.25) is 0 Å². The number of hydrogen-bond donors (Lipinski definition) is 0. The summed E-state index contributed by atoms with van der Waals surface area (Å²) in [4.78, 5) is 0. The monoisotopic (exact) mass is 800 g/mol. The van der Waals surface area contributed by atoms with E-state index in [0.29, 0.717) is 30.2 Å². The van der Waals surface area contributed by atoms with Crippen molar-refractivity contribution in [3.05, 3.63) is 0 Å². The molecule has 0 saturated carbocycles. The van der Waals surface area contributed by atoms with E-state index in [0.717, 1.165) is 64.2 Å². The molecule has 0 atom stereocenters. The standard InChI is InChI=1S/C35H80O10Si5/c1-16-21-26-46(36-31(6)7)41-47(27-22-17-2,37-32(8)9)43-49(29-24-19-4,39-34(12)13)45-50(30-25-20-5,40-35(14)15)44-48(42-46,28-23-18-3)38-33(10)11/h31-35H,16-30H2,1-15H3. The maximum atomic E-state index is 7.61. The van der Waals surface area contributed by atoms with Crippen LogP contribution in [0.3, 0.4) is 0 Å². The van der Waals surface area contributed by atoms with Crippen molar-refractivity contribution in [2.75, 3.05) is 0 Å². The fourth-order valence-electron chi connectivity index (χ4n) is 6.10. The lowest BCUT2D eigenvalue weighted by Gasteiger charge is -2.51. The highest BCUT2D eigenvalue weighted by molar-refractivity contribution is 6.89. The lowest BCUT2D eigenvalue weighted by molar-refractivity contribution is -0.0124. The molecule has 50 heavy (non-hydrogen) atoms. The number of hydrogen-bond acceptors (Lipinski definition) is 10. The van der Waals surface area contributed by atoms with Gasteiger partial charge in [0.1, 0.15) is 0 Å². The summed E-state index contributed by atoms with van der Waals surface area (Å²) in [5, 5.41) is 0. The third-order valence-electron chi connectivity index (χ3n) is 7.81. The molecule has 0 unspecified atom stereocenters. The van der Waals surface area contributed by atoms with Crippen LogP contribution in [0.15, 0.2) is 0 Å². The Morgan fingerprint density at radius 2 is 0.440 bits per heavy atom. The Labute approximate surface area is 314 Å². The lowest BCUT2D eigenvalue weighted by atomic mass is 10.4. The molecule has 0 aromatic carbocycles. The second-order valence-corrected chi connectivity index (χ2v) is 29.9. The fraction of sp³-hybridized carbons (Fsp3) is 1.00. The van der Waals surface area contributed by atoms with E-state index in [-0.39, 0.29) is 30.5 Å². The molecule has 0 aromatic rings. The molecule has 0 radical (unpaired) electrons. The first kappa shape index (κ1) is 48.7. The van der Waals surface area contributed by atoms with Gasteiger partial charge in [0, 0.05) is 60.7 Å². The van der Waals surface area contributed by atoms with E-state index in [4.69, 9.17) is 42.7 Å². The van der Waals surface area contributed by atoms with Crippen LogP contribution in [0.1, 0.15) is 168 Å². The molecule has 15 heteroatoms. The highest BCUT2D eigenvalue weighted by atomic mass is 28.6. The molecule has 0 spiro atoms. The van der Waals surface area contributed by atoms with Crippen LogP contribution in [0.2, 0.25) is 30.2 Å². The molecule has 1 aliphatic rings. The molecule has 0 bridgehead atoms. The van der Waals surface area contributed by atoms with Crippen LogP contribution in [-0.4, -0.2) is 74.5 Å². The molecule has 0 aromatic heterocycles. The van der Waals surface area contributed by atoms with Gasteiger partial charge in [-0.1, -0.05) is 66.7 Å². The zero-order chi connectivity index (χ0) is 38.1. The largest absolute Gasteiger partial charge is 0.486 e. The van der Waals surface area contributed by atoms with Crippen molar-refractivity contribution < 1.29 is 42.7 Å². The minimum atomic E-state index is -3.67.